The fraction of sp³-hybridized carbons (Fsp3) is 0.351. The minimum Gasteiger partial charge on any atom is -0.361 e. The minimum absolute atomic E-state index is 0.172. The number of piperazine rings is 1. The maximum atomic E-state index is 13.9. The van der Waals surface area contributed by atoms with Crippen LogP contribution in [0.3, 0.4) is 0 Å². The van der Waals surface area contributed by atoms with Crippen molar-refractivity contribution in [2.75, 3.05) is 13.1 Å². The smallest absolute Gasteiger partial charge is 0.246 e. The number of para-hydroxylation sites is 1. The van der Waals surface area contributed by atoms with Crippen LogP contribution in [0.2, 0.25) is 0 Å². The average molecular weight is 607 g/mol. The third-order valence-electron chi connectivity index (χ3n) is 8.79. The standard InChI is InChI=1S/C37H42N4O4/c1-4-26-16-25(17-27(5-2)29(26)6-3)20-39-36(44)31(19-28-21-38-32-15-11-10-14-30(28)32)34(42)22-41-23-35(43)40-33(37(41)45)18-24-12-8-7-9-13-24/h7-17,21,31,33,38H,4-6,18-20,22-23H2,1-3H3,(H,39,44)(H,40,43). The van der Waals surface area contributed by atoms with Crippen molar-refractivity contribution in [3.8, 4) is 0 Å². The lowest BCUT2D eigenvalue weighted by molar-refractivity contribution is -0.147. The van der Waals surface area contributed by atoms with Crippen molar-refractivity contribution in [3.63, 3.8) is 0 Å². The summed E-state index contributed by atoms with van der Waals surface area (Å²) in [5, 5.41) is 6.73. The summed E-state index contributed by atoms with van der Waals surface area (Å²) in [7, 11) is 0. The van der Waals surface area contributed by atoms with Crippen LogP contribution in [0.1, 0.15) is 54.2 Å². The summed E-state index contributed by atoms with van der Waals surface area (Å²) in [5.74, 6) is -2.48. The largest absolute Gasteiger partial charge is 0.361 e. The van der Waals surface area contributed by atoms with Gasteiger partial charge in [0.25, 0.3) is 0 Å². The highest BCUT2D eigenvalue weighted by atomic mass is 16.2. The Bertz CT molecular complexity index is 1670. The van der Waals surface area contributed by atoms with Crippen molar-refractivity contribution in [2.24, 2.45) is 5.92 Å². The molecule has 234 valence electrons. The molecule has 4 aromatic rings. The van der Waals surface area contributed by atoms with Crippen LogP contribution >= 0.6 is 0 Å². The summed E-state index contributed by atoms with van der Waals surface area (Å²) >= 11 is 0. The molecule has 3 N–H and O–H groups in total. The normalized spacial score (nSPS) is 15.6. The number of aromatic nitrogens is 1. The van der Waals surface area contributed by atoms with Gasteiger partial charge in [0.2, 0.25) is 17.7 Å². The number of fused-ring (bicyclic) bond motifs is 1. The van der Waals surface area contributed by atoms with Crippen LogP contribution in [0.15, 0.2) is 72.9 Å². The number of H-pyrrole nitrogens is 1. The molecule has 2 atom stereocenters. The van der Waals surface area contributed by atoms with E-state index in [1.165, 1.54) is 21.6 Å². The molecule has 0 spiro atoms. The van der Waals surface area contributed by atoms with Crippen LogP contribution in [-0.4, -0.2) is 52.5 Å². The summed E-state index contributed by atoms with van der Waals surface area (Å²) in [6, 6.07) is 20.7. The van der Waals surface area contributed by atoms with Crippen LogP contribution in [-0.2, 0) is 57.8 Å². The molecule has 0 bridgehead atoms. The third-order valence-corrected chi connectivity index (χ3v) is 8.79. The Morgan fingerprint density at radius 3 is 2.27 bits per heavy atom. The molecule has 0 saturated carbocycles. The van der Waals surface area contributed by atoms with Gasteiger partial charge < -0.3 is 20.5 Å². The minimum atomic E-state index is -1.04. The van der Waals surface area contributed by atoms with E-state index in [2.05, 4.69) is 48.5 Å². The first kappa shape index (κ1) is 31.7. The number of nitrogens with one attached hydrogen (secondary N) is 3. The zero-order chi connectivity index (χ0) is 31.9. The van der Waals surface area contributed by atoms with Gasteiger partial charge in [-0.2, -0.15) is 0 Å². The van der Waals surface area contributed by atoms with Crippen LogP contribution in [0.25, 0.3) is 10.9 Å². The lowest BCUT2D eigenvalue weighted by Gasteiger charge is -2.33. The number of aryl methyl sites for hydroxylation is 2. The van der Waals surface area contributed by atoms with Gasteiger partial charge >= 0.3 is 0 Å². The quantitative estimate of drug-likeness (QED) is 0.195. The molecule has 3 amide bonds. The molecule has 2 heterocycles. The summed E-state index contributed by atoms with van der Waals surface area (Å²) in [5.41, 5.74) is 7.59. The molecule has 8 heteroatoms. The number of carbonyl (C=O) groups excluding carboxylic acids is 4. The lowest BCUT2D eigenvalue weighted by Crippen LogP contribution is -2.60. The molecule has 1 saturated heterocycles. The Labute approximate surface area is 264 Å². The SMILES string of the molecule is CCc1cc(CNC(=O)C(Cc2c[nH]c3ccccc23)C(=O)CN2CC(=O)NC(Cc3ccccc3)C2=O)cc(CC)c1CC. The maximum Gasteiger partial charge on any atom is 0.246 e. The van der Waals surface area contributed by atoms with Crippen LogP contribution in [0.5, 0.6) is 0 Å². The van der Waals surface area contributed by atoms with Gasteiger partial charge in [-0.25, -0.2) is 0 Å². The highest BCUT2D eigenvalue weighted by molar-refractivity contribution is 6.05. The van der Waals surface area contributed by atoms with Crippen molar-refractivity contribution in [1.82, 2.24) is 20.5 Å². The number of aromatic amines is 1. The van der Waals surface area contributed by atoms with Gasteiger partial charge in [0.1, 0.15) is 18.5 Å². The molecular formula is C37H42N4O4. The number of carbonyl (C=O) groups is 4. The van der Waals surface area contributed by atoms with Gasteiger partial charge in [0, 0.05) is 30.1 Å². The zero-order valence-corrected chi connectivity index (χ0v) is 26.3. The second kappa shape index (κ2) is 14.4. The van der Waals surface area contributed by atoms with Crippen molar-refractivity contribution in [2.45, 2.75) is 65.5 Å². The van der Waals surface area contributed by atoms with Gasteiger partial charge in [-0.05, 0) is 65.1 Å². The van der Waals surface area contributed by atoms with E-state index in [0.29, 0.717) is 13.0 Å². The third kappa shape index (κ3) is 7.33. The number of hydrogen-bond acceptors (Lipinski definition) is 4. The molecule has 0 radical (unpaired) electrons. The number of hydrogen-bond donors (Lipinski definition) is 3. The number of nitrogens with zero attached hydrogens (tertiary/aromatic N) is 1. The number of ketones is 1. The maximum absolute atomic E-state index is 13.9. The number of benzene rings is 3. The Hall–Kier alpha value is -4.72. The Morgan fingerprint density at radius 1 is 0.889 bits per heavy atom. The molecule has 1 aliphatic rings. The van der Waals surface area contributed by atoms with E-state index in [1.807, 2.05) is 60.8 Å². The monoisotopic (exact) mass is 606 g/mol. The molecule has 1 aliphatic heterocycles. The fourth-order valence-electron chi connectivity index (χ4n) is 6.44. The van der Waals surface area contributed by atoms with Gasteiger partial charge in [0.05, 0.1) is 6.54 Å². The Morgan fingerprint density at radius 2 is 1.58 bits per heavy atom. The molecule has 1 fully saturated rings. The van der Waals surface area contributed by atoms with Gasteiger partial charge in [-0.3, -0.25) is 19.2 Å². The molecular weight excluding hydrogens is 564 g/mol. The van der Waals surface area contributed by atoms with E-state index < -0.39 is 23.7 Å². The Kier molecular flexibility index (Phi) is 10.1. The molecule has 5 rings (SSSR count). The first-order valence-electron chi connectivity index (χ1n) is 15.9. The number of amides is 3. The van der Waals surface area contributed by atoms with Crippen molar-refractivity contribution in [1.29, 1.82) is 0 Å². The van der Waals surface area contributed by atoms with Gasteiger partial charge in [0.15, 0.2) is 5.78 Å². The van der Waals surface area contributed by atoms with E-state index >= 15 is 0 Å². The molecule has 2 unspecified atom stereocenters. The van der Waals surface area contributed by atoms with Crippen molar-refractivity contribution >= 4 is 34.4 Å². The van der Waals surface area contributed by atoms with Crippen LogP contribution < -0.4 is 10.6 Å². The van der Waals surface area contributed by atoms with E-state index in [-0.39, 0.29) is 31.3 Å². The topological polar surface area (TPSA) is 111 Å². The van der Waals surface area contributed by atoms with Crippen LogP contribution in [0, 0.1) is 5.92 Å². The van der Waals surface area contributed by atoms with Gasteiger partial charge in [-0.1, -0.05) is 81.4 Å². The summed E-state index contributed by atoms with van der Waals surface area (Å²) < 4.78 is 0. The summed E-state index contributed by atoms with van der Waals surface area (Å²) in [6.45, 7) is 6.20. The molecule has 45 heavy (non-hydrogen) atoms. The van der Waals surface area contributed by atoms with Crippen molar-refractivity contribution < 1.29 is 19.2 Å². The summed E-state index contributed by atoms with van der Waals surface area (Å²) in [4.78, 5) is 58.3. The van der Waals surface area contributed by atoms with Crippen LogP contribution in [0.4, 0.5) is 0 Å². The second-order valence-corrected chi connectivity index (χ2v) is 11.8. The second-order valence-electron chi connectivity index (χ2n) is 11.8. The highest BCUT2D eigenvalue weighted by Crippen LogP contribution is 2.23. The molecule has 1 aromatic heterocycles. The van der Waals surface area contributed by atoms with E-state index in [4.69, 9.17) is 0 Å². The predicted molar refractivity (Wildman–Crippen MR) is 176 cm³/mol. The number of rotatable bonds is 13. The fourth-order valence-corrected chi connectivity index (χ4v) is 6.44. The first-order valence-corrected chi connectivity index (χ1v) is 15.9. The first-order chi connectivity index (χ1) is 21.8. The average Bonchev–Trinajstić information content (AvgIpc) is 3.47. The highest BCUT2D eigenvalue weighted by Gasteiger charge is 2.36. The number of Topliss-reactive ketones (excluding diaryl/α,β-unsaturated/α-hetero) is 1. The Balaban J connectivity index is 1.36. The summed E-state index contributed by atoms with van der Waals surface area (Å²) in [6.07, 6.45) is 5.10. The molecule has 0 aliphatic carbocycles. The molecule has 8 nitrogen and oxygen atoms in total. The predicted octanol–water partition coefficient (Wildman–Crippen LogP) is 4.47. The lowest BCUT2D eigenvalue weighted by atomic mass is 9.92. The van der Waals surface area contributed by atoms with Gasteiger partial charge in [-0.15, -0.1) is 0 Å². The molecule has 3 aromatic carbocycles. The van der Waals surface area contributed by atoms with E-state index in [0.717, 1.165) is 46.9 Å². The van der Waals surface area contributed by atoms with E-state index in [9.17, 15) is 19.2 Å². The van der Waals surface area contributed by atoms with Crippen molar-refractivity contribution in [3.05, 3.63) is 106 Å². The van der Waals surface area contributed by atoms with E-state index in [1.54, 1.807) is 0 Å². The zero-order valence-electron chi connectivity index (χ0n) is 26.3.